The molecule has 0 fully saturated rings. The standard InChI is InChI=1S/C33H29N4O2Si/c1-22-9-5-8-12-29(22)35-34-26-16-19-30(23(2)21-26)36-37-32-28-11-7-6-10-24(28)15-20-31(32)39-33(38)25-13-17-27(18-14-25)40(3)4/h5-21H,1-4H3. The van der Waals surface area contributed by atoms with Gasteiger partial charge in [-0.2, -0.15) is 15.3 Å². The third kappa shape index (κ3) is 6.11. The second kappa shape index (κ2) is 12.0. The first kappa shape index (κ1) is 26.8. The van der Waals surface area contributed by atoms with E-state index in [4.69, 9.17) is 4.74 Å². The maximum absolute atomic E-state index is 13.0. The molecule has 5 aromatic rings. The second-order valence-corrected chi connectivity index (χ2v) is 12.3. The third-order valence-electron chi connectivity index (χ3n) is 6.59. The summed E-state index contributed by atoms with van der Waals surface area (Å²) in [6.45, 7) is 8.39. The van der Waals surface area contributed by atoms with Crippen molar-refractivity contribution in [1.29, 1.82) is 0 Å². The smallest absolute Gasteiger partial charge is 0.343 e. The van der Waals surface area contributed by atoms with Gasteiger partial charge in [0.1, 0.15) is 5.69 Å². The van der Waals surface area contributed by atoms with Gasteiger partial charge in [-0.25, -0.2) is 4.79 Å². The highest BCUT2D eigenvalue weighted by Gasteiger charge is 2.15. The maximum Gasteiger partial charge on any atom is 0.343 e. The van der Waals surface area contributed by atoms with Gasteiger partial charge in [-0.1, -0.05) is 78.9 Å². The zero-order chi connectivity index (χ0) is 28.1. The molecule has 0 amide bonds. The van der Waals surface area contributed by atoms with Crippen LogP contribution in [0.1, 0.15) is 21.5 Å². The maximum atomic E-state index is 13.0. The molecule has 0 atom stereocenters. The molecule has 197 valence electrons. The van der Waals surface area contributed by atoms with Crippen LogP contribution in [-0.2, 0) is 0 Å². The monoisotopic (exact) mass is 541 g/mol. The first-order valence-electron chi connectivity index (χ1n) is 13.0. The van der Waals surface area contributed by atoms with E-state index in [-0.39, 0.29) is 0 Å². The van der Waals surface area contributed by atoms with Crippen molar-refractivity contribution in [3.05, 3.63) is 120 Å². The normalized spacial score (nSPS) is 11.6. The molecule has 5 aromatic carbocycles. The number of hydrogen-bond acceptors (Lipinski definition) is 6. The SMILES string of the molecule is Cc1ccccc1N=Nc1ccc(N=Nc2c(OC(=O)c3ccc([Si](C)C)cc3)ccc3ccccc23)c(C)c1. The Labute approximate surface area is 235 Å². The van der Waals surface area contributed by atoms with Crippen LogP contribution in [0.25, 0.3) is 10.8 Å². The van der Waals surface area contributed by atoms with E-state index in [2.05, 4.69) is 33.6 Å². The number of esters is 1. The molecule has 0 aliphatic carbocycles. The van der Waals surface area contributed by atoms with E-state index in [0.717, 1.165) is 33.3 Å². The van der Waals surface area contributed by atoms with E-state index in [0.29, 0.717) is 22.7 Å². The number of rotatable bonds is 7. The van der Waals surface area contributed by atoms with Crippen LogP contribution in [0.3, 0.4) is 0 Å². The lowest BCUT2D eigenvalue weighted by atomic mass is 10.1. The highest BCUT2D eigenvalue weighted by molar-refractivity contribution is 6.70. The fraction of sp³-hybridized carbons (Fsp3) is 0.121. The van der Waals surface area contributed by atoms with Gasteiger partial charge in [0.15, 0.2) is 5.75 Å². The molecule has 0 unspecified atom stereocenters. The summed E-state index contributed by atoms with van der Waals surface area (Å²) in [5, 5.41) is 21.0. The molecule has 0 heterocycles. The molecule has 0 N–H and O–H groups in total. The molecule has 0 aliphatic rings. The Morgan fingerprint density at radius 1 is 0.675 bits per heavy atom. The molecule has 6 nitrogen and oxygen atoms in total. The third-order valence-corrected chi connectivity index (χ3v) is 8.08. The predicted molar refractivity (Wildman–Crippen MR) is 163 cm³/mol. The van der Waals surface area contributed by atoms with E-state index in [1.807, 2.05) is 111 Å². The molecule has 0 spiro atoms. The van der Waals surface area contributed by atoms with Crippen molar-refractivity contribution in [2.45, 2.75) is 26.9 Å². The molecule has 0 aromatic heterocycles. The largest absolute Gasteiger partial charge is 0.421 e. The Hall–Kier alpha value is -4.75. The molecule has 0 saturated heterocycles. The molecule has 1 radical (unpaired) electrons. The molecule has 0 saturated carbocycles. The zero-order valence-electron chi connectivity index (χ0n) is 22.9. The van der Waals surface area contributed by atoms with E-state index in [9.17, 15) is 4.79 Å². The van der Waals surface area contributed by atoms with Crippen molar-refractivity contribution < 1.29 is 9.53 Å². The number of aryl methyl sites for hydroxylation is 2. The lowest BCUT2D eigenvalue weighted by Gasteiger charge is -2.10. The lowest BCUT2D eigenvalue weighted by molar-refractivity contribution is 0.0735. The van der Waals surface area contributed by atoms with Gasteiger partial charge in [0.25, 0.3) is 0 Å². The first-order valence-corrected chi connectivity index (χ1v) is 15.5. The average molecular weight is 542 g/mol. The van der Waals surface area contributed by atoms with Gasteiger partial charge in [-0.05, 0) is 72.8 Å². The van der Waals surface area contributed by atoms with Gasteiger partial charge in [0.2, 0.25) is 0 Å². The van der Waals surface area contributed by atoms with Gasteiger partial charge < -0.3 is 4.74 Å². The van der Waals surface area contributed by atoms with Gasteiger partial charge in [0, 0.05) is 5.39 Å². The Kier molecular flexibility index (Phi) is 8.03. The summed E-state index contributed by atoms with van der Waals surface area (Å²) in [5.74, 6) is -0.0765. The fourth-order valence-electron chi connectivity index (χ4n) is 4.22. The Morgan fingerprint density at radius 3 is 2.12 bits per heavy atom. The minimum Gasteiger partial charge on any atom is -0.421 e. The number of azo groups is 2. The number of nitrogens with zero attached hydrogens (tertiary/aromatic N) is 4. The van der Waals surface area contributed by atoms with Crippen LogP contribution in [0, 0.1) is 13.8 Å². The van der Waals surface area contributed by atoms with E-state index in [1.54, 1.807) is 6.07 Å². The topological polar surface area (TPSA) is 75.7 Å². The molecular weight excluding hydrogens is 512 g/mol. The predicted octanol–water partition coefficient (Wildman–Crippen LogP) is 9.47. The number of hydrogen-bond donors (Lipinski definition) is 0. The van der Waals surface area contributed by atoms with Crippen molar-refractivity contribution in [2.24, 2.45) is 20.5 Å². The van der Waals surface area contributed by atoms with Crippen LogP contribution in [0.2, 0.25) is 13.1 Å². The van der Waals surface area contributed by atoms with Gasteiger partial charge in [-0.3, -0.25) is 0 Å². The summed E-state index contributed by atoms with van der Waals surface area (Å²) in [4.78, 5) is 13.0. The summed E-state index contributed by atoms with van der Waals surface area (Å²) < 4.78 is 5.85. The first-order chi connectivity index (χ1) is 19.4. The van der Waals surface area contributed by atoms with Crippen molar-refractivity contribution in [1.82, 2.24) is 0 Å². The lowest BCUT2D eigenvalue weighted by Crippen LogP contribution is -2.22. The molecule has 0 aliphatic heterocycles. The fourth-order valence-corrected chi connectivity index (χ4v) is 5.06. The summed E-state index contributed by atoms with van der Waals surface area (Å²) in [7, 11) is -0.591. The van der Waals surface area contributed by atoms with Crippen LogP contribution in [0.5, 0.6) is 5.75 Å². The van der Waals surface area contributed by atoms with Gasteiger partial charge in [0.05, 0.1) is 31.4 Å². The highest BCUT2D eigenvalue weighted by Crippen LogP contribution is 2.38. The second-order valence-electron chi connectivity index (χ2n) is 9.76. The minimum atomic E-state index is -0.591. The highest BCUT2D eigenvalue weighted by atomic mass is 28.3. The van der Waals surface area contributed by atoms with Crippen LogP contribution < -0.4 is 9.92 Å². The van der Waals surface area contributed by atoms with Gasteiger partial charge in [-0.15, -0.1) is 5.11 Å². The van der Waals surface area contributed by atoms with Crippen LogP contribution >= 0.6 is 0 Å². The van der Waals surface area contributed by atoms with E-state index in [1.165, 1.54) is 5.19 Å². The molecule has 0 bridgehead atoms. The Morgan fingerprint density at radius 2 is 1.38 bits per heavy atom. The molecule has 5 rings (SSSR count). The summed E-state index contributed by atoms with van der Waals surface area (Å²) in [6, 6.07) is 32.7. The molecule has 7 heteroatoms. The average Bonchev–Trinajstić information content (AvgIpc) is 2.97. The summed E-state index contributed by atoms with van der Waals surface area (Å²) >= 11 is 0. The minimum absolute atomic E-state index is 0.355. The number of carbonyl (C=O) groups excluding carboxylic acids is 1. The Balaban J connectivity index is 1.43. The quantitative estimate of drug-likeness (QED) is 0.0890. The van der Waals surface area contributed by atoms with E-state index >= 15 is 0 Å². The number of fused-ring (bicyclic) bond motifs is 1. The van der Waals surface area contributed by atoms with Crippen LogP contribution in [0.15, 0.2) is 124 Å². The van der Waals surface area contributed by atoms with Crippen molar-refractivity contribution in [3.63, 3.8) is 0 Å². The van der Waals surface area contributed by atoms with Gasteiger partial charge >= 0.3 is 5.97 Å². The van der Waals surface area contributed by atoms with Crippen LogP contribution in [0.4, 0.5) is 22.7 Å². The zero-order valence-corrected chi connectivity index (χ0v) is 23.9. The Bertz CT molecular complexity index is 1740. The van der Waals surface area contributed by atoms with E-state index < -0.39 is 14.8 Å². The number of carbonyl (C=O) groups is 1. The molecule has 40 heavy (non-hydrogen) atoms. The molecular formula is C33H29N4O2Si. The van der Waals surface area contributed by atoms with Crippen molar-refractivity contribution in [3.8, 4) is 5.75 Å². The van der Waals surface area contributed by atoms with Crippen molar-refractivity contribution in [2.75, 3.05) is 0 Å². The van der Waals surface area contributed by atoms with Crippen molar-refractivity contribution >= 4 is 53.5 Å². The summed E-state index contributed by atoms with van der Waals surface area (Å²) in [5.41, 5.74) is 5.20. The summed E-state index contributed by atoms with van der Waals surface area (Å²) in [6.07, 6.45) is 0. The number of benzene rings is 5. The number of ether oxygens (including phenoxy) is 1. The van der Waals surface area contributed by atoms with Crippen LogP contribution in [-0.4, -0.2) is 14.8 Å².